The van der Waals surface area contributed by atoms with Crippen molar-refractivity contribution in [1.82, 2.24) is 4.90 Å². The number of hydrogen-bond donors (Lipinski definition) is 0. The first-order valence-electron chi connectivity index (χ1n) is 14.1. The average molecular weight is 582 g/mol. The van der Waals surface area contributed by atoms with Gasteiger partial charge in [0.15, 0.2) is 0 Å². The summed E-state index contributed by atoms with van der Waals surface area (Å²) < 4.78 is 12.8. The summed E-state index contributed by atoms with van der Waals surface area (Å²) in [5, 5.41) is 1.85. The van der Waals surface area contributed by atoms with E-state index in [4.69, 9.17) is 21.1 Å². The van der Waals surface area contributed by atoms with E-state index >= 15 is 0 Å². The van der Waals surface area contributed by atoms with Crippen molar-refractivity contribution >= 4 is 39.0 Å². The molecule has 6 rings (SSSR count). The molecule has 41 heavy (non-hydrogen) atoms. The van der Waals surface area contributed by atoms with Gasteiger partial charge in [0.2, 0.25) is 0 Å². The molecule has 1 aromatic heterocycles. The van der Waals surface area contributed by atoms with Crippen LogP contribution in [0.3, 0.4) is 0 Å². The van der Waals surface area contributed by atoms with Gasteiger partial charge in [-0.3, -0.25) is 4.90 Å². The highest BCUT2D eigenvalue weighted by molar-refractivity contribution is 7.22. The second-order valence-electron chi connectivity index (χ2n) is 10.4. The van der Waals surface area contributed by atoms with Crippen LogP contribution in [0.15, 0.2) is 97.1 Å². The number of halogens is 1. The summed E-state index contributed by atoms with van der Waals surface area (Å²) in [5.74, 6) is 1.07. The minimum Gasteiger partial charge on any atom is -0.492 e. The first kappa shape index (κ1) is 27.5. The number of benzene rings is 4. The van der Waals surface area contributed by atoms with E-state index in [9.17, 15) is 4.79 Å². The summed E-state index contributed by atoms with van der Waals surface area (Å²) in [6.45, 7) is 4.06. The first-order chi connectivity index (χ1) is 20.1. The standard InChI is InChI=1S/C35H32ClNO3S/c36-28-11-7-10-27(23-28)34-32(22-25-12-14-29(15-13-25)39-21-20-37-18-5-2-6-19-37)31-17-16-30(24-33(31)41-34)40-35(38)26-8-3-1-4-9-26/h1,3-4,7-17,23-24H,2,5-6,18-22H2. The third kappa shape index (κ3) is 6.82. The molecule has 0 saturated carbocycles. The van der Waals surface area contributed by atoms with Gasteiger partial charge < -0.3 is 9.47 Å². The number of ether oxygens (including phenoxy) is 2. The SMILES string of the molecule is O=C(Oc1ccc2c(Cc3ccc(OCCN4CCCCC4)cc3)c(-c3cccc(Cl)c3)sc2c1)c1ccccc1. The van der Waals surface area contributed by atoms with Crippen molar-refractivity contribution in [2.75, 3.05) is 26.2 Å². The van der Waals surface area contributed by atoms with Crippen molar-refractivity contribution in [2.24, 2.45) is 0 Å². The van der Waals surface area contributed by atoms with Crippen molar-refractivity contribution in [2.45, 2.75) is 25.7 Å². The number of nitrogens with zero attached hydrogens (tertiary/aromatic N) is 1. The van der Waals surface area contributed by atoms with E-state index in [-0.39, 0.29) is 5.97 Å². The number of rotatable bonds is 9. The van der Waals surface area contributed by atoms with Crippen LogP contribution in [0.4, 0.5) is 0 Å². The highest BCUT2D eigenvalue weighted by Gasteiger charge is 2.17. The smallest absolute Gasteiger partial charge is 0.343 e. The summed E-state index contributed by atoms with van der Waals surface area (Å²) >= 11 is 8.08. The van der Waals surface area contributed by atoms with Crippen LogP contribution in [0.2, 0.25) is 5.02 Å². The number of carbonyl (C=O) groups is 1. The lowest BCUT2D eigenvalue weighted by atomic mass is 9.99. The summed E-state index contributed by atoms with van der Waals surface area (Å²) in [5.41, 5.74) is 4.04. The fraction of sp³-hybridized carbons (Fsp3) is 0.229. The van der Waals surface area contributed by atoms with Crippen LogP contribution in [-0.4, -0.2) is 37.1 Å². The van der Waals surface area contributed by atoms with Gasteiger partial charge in [-0.25, -0.2) is 4.79 Å². The topological polar surface area (TPSA) is 38.8 Å². The predicted molar refractivity (Wildman–Crippen MR) is 169 cm³/mol. The van der Waals surface area contributed by atoms with E-state index in [1.54, 1.807) is 23.5 Å². The molecular formula is C35H32ClNO3S. The van der Waals surface area contributed by atoms with Gasteiger partial charge >= 0.3 is 5.97 Å². The highest BCUT2D eigenvalue weighted by Crippen LogP contribution is 2.42. The Morgan fingerprint density at radius 1 is 0.829 bits per heavy atom. The van der Waals surface area contributed by atoms with Crippen molar-refractivity contribution in [3.63, 3.8) is 0 Å². The Hall–Kier alpha value is -3.64. The Labute approximate surface area is 250 Å². The van der Waals surface area contributed by atoms with Crippen LogP contribution in [0.5, 0.6) is 11.5 Å². The molecule has 0 unspecified atom stereocenters. The second-order valence-corrected chi connectivity index (χ2v) is 11.9. The summed E-state index contributed by atoms with van der Waals surface area (Å²) in [4.78, 5) is 16.3. The van der Waals surface area contributed by atoms with Crippen LogP contribution in [0.1, 0.15) is 40.7 Å². The molecular weight excluding hydrogens is 550 g/mol. The first-order valence-corrected chi connectivity index (χ1v) is 15.3. The summed E-state index contributed by atoms with van der Waals surface area (Å²) in [7, 11) is 0. The molecule has 4 aromatic carbocycles. The Bertz CT molecular complexity index is 1630. The number of fused-ring (bicyclic) bond motifs is 1. The number of esters is 1. The van der Waals surface area contributed by atoms with Crippen molar-refractivity contribution in [3.8, 4) is 21.9 Å². The van der Waals surface area contributed by atoms with Crippen molar-refractivity contribution in [1.29, 1.82) is 0 Å². The quantitative estimate of drug-likeness (QED) is 0.129. The maximum absolute atomic E-state index is 12.7. The largest absolute Gasteiger partial charge is 0.492 e. The van der Waals surface area contributed by atoms with Gasteiger partial charge in [-0.05, 0) is 109 Å². The molecule has 1 fully saturated rings. The third-order valence-electron chi connectivity index (χ3n) is 7.50. The number of hydrogen-bond acceptors (Lipinski definition) is 5. The molecule has 0 atom stereocenters. The van der Waals surface area contributed by atoms with Gasteiger partial charge in [-0.2, -0.15) is 0 Å². The molecule has 208 valence electrons. The fourth-order valence-electron chi connectivity index (χ4n) is 5.36. The zero-order valence-corrected chi connectivity index (χ0v) is 24.4. The second kappa shape index (κ2) is 12.9. The molecule has 1 aliphatic heterocycles. The Balaban J connectivity index is 1.23. The summed E-state index contributed by atoms with van der Waals surface area (Å²) in [6.07, 6.45) is 4.70. The lowest BCUT2D eigenvalue weighted by molar-refractivity contribution is 0.0735. The van der Waals surface area contributed by atoms with E-state index in [0.29, 0.717) is 22.9 Å². The molecule has 4 nitrogen and oxygen atoms in total. The van der Waals surface area contributed by atoms with Crippen LogP contribution >= 0.6 is 22.9 Å². The molecule has 0 radical (unpaired) electrons. The van der Waals surface area contributed by atoms with Gasteiger partial charge in [-0.15, -0.1) is 11.3 Å². The van der Waals surface area contributed by atoms with Crippen LogP contribution in [0.25, 0.3) is 20.5 Å². The molecule has 1 aliphatic rings. The van der Waals surface area contributed by atoms with E-state index < -0.39 is 0 Å². The van der Waals surface area contributed by atoms with Crippen LogP contribution in [-0.2, 0) is 6.42 Å². The van der Waals surface area contributed by atoms with E-state index in [1.807, 2.05) is 48.5 Å². The molecule has 0 spiro atoms. The van der Waals surface area contributed by atoms with Gasteiger partial charge in [0.25, 0.3) is 0 Å². The van der Waals surface area contributed by atoms with Crippen LogP contribution in [0, 0.1) is 0 Å². The molecule has 0 amide bonds. The monoisotopic (exact) mass is 581 g/mol. The molecule has 1 saturated heterocycles. The molecule has 2 heterocycles. The van der Waals surface area contributed by atoms with E-state index in [0.717, 1.165) is 39.2 Å². The number of likely N-dealkylation sites (tertiary alicyclic amines) is 1. The maximum atomic E-state index is 12.7. The fourth-order valence-corrected chi connectivity index (χ4v) is 6.79. The molecule has 5 aromatic rings. The normalized spacial score (nSPS) is 13.8. The molecule has 6 heteroatoms. The molecule has 0 N–H and O–H groups in total. The zero-order chi connectivity index (χ0) is 28.0. The number of piperidine rings is 1. The zero-order valence-electron chi connectivity index (χ0n) is 22.9. The lowest BCUT2D eigenvalue weighted by Gasteiger charge is -2.26. The average Bonchev–Trinajstić information content (AvgIpc) is 3.36. The van der Waals surface area contributed by atoms with Crippen molar-refractivity contribution < 1.29 is 14.3 Å². The number of carbonyl (C=O) groups excluding carboxylic acids is 1. The van der Waals surface area contributed by atoms with Crippen LogP contribution < -0.4 is 9.47 Å². The van der Waals surface area contributed by atoms with Crippen molar-refractivity contribution in [3.05, 3.63) is 119 Å². The number of thiophene rings is 1. The lowest BCUT2D eigenvalue weighted by Crippen LogP contribution is -2.33. The minimum atomic E-state index is -0.366. The van der Waals surface area contributed by atoms with Gasteiger partial charge in [-0.1, -0.05) is 60.5 Å². The predicted octanol–water partition coefficient (Wildman–Crippen LogP) is 8.90. The minimum absolute atomic E-state index is 0.366. The molecule has 0 aliphatic carbocycles. The van der Waals surface area contributed by atoms with E-state index in [1.165, 1.54) is 43.5 Å². The Morgan fingerprint density at radius 3 is 2.39 bits per heavy atom. The van der Waals surface area contributed by atoms with Gasteiger partial charge in [0, 0.05) is 21.1 Å². The maximum Gasteiger partial charge on any atom is 0.343 e. The van der Waals surface area contributed by atoms with Gasteiger partial charge in [0.1, 0.15) is 18.1 Å². The summed E-state index contributed by atoms with van der Waals surface area (Å²) in [6, 6.07) is 31.4. The van der Waals surface area contributed by atoms with E-state index in [2.05, 4.69) is 41.3 Å². The molecule has 0 bridgehead atoms. The Morgan fingerprint density at radius 2 is 1.61 bits per heavy atom. The third-order valence-corrected chi connectivity index (χ3v) is 8.98. The van der Waals surface area contributed by atoms with Gasteiger partial charge in [0.05, 0.1) is 5.56 Å². The highest BCUT2D eigenvalue weighted by atomic mass is 35.5. The Kier molecular flexibility index (Phi) is 8.66.